The van der Waals surface area contributed by atoms with E-state index in [2.05, 4.69) is 35.7 Å². The Kier molecular flexibility index (Phi) is 6.28. The molecule has 0 aromatic heterocycles. The molecule has 0 bridgehead atoms. The molecule has 0 aromatic rings. The molecular weight excluding hydrogens is 200 g/mol. The molecule has 1 heterocycles. The van der Waals surface area contributed by atoms with Crippen molar-refractivity contribution in [2.24, 2.45) is 5.73 Å². The van der Waals surface area contributed by atoms with Crippen molar-refractivity contribution in [3.05, 3.63) is 0 Å². The van der Waals surface area contributed by atoms with Crippen LogP contribution in [0.5, 0.6) is 0 Å². The van der Waals surface area contributed by atoms with E-state index in [0.717, 1.165) is 6.54 Å². The van der Waals surface area contributed by atoms with Gasteiger partial charge in [-0.2, -0.15) is 0 Å². The number of hydrogen-bond acceptors (Lipinski definition) is 4. The molecule has 16 heavy (non-hydrogen) atoms. The largest absolute Gasteiger partial charge is 0.329 e. The highest BCUT2D eigenvalue weighted by Gasteiger charge is 2.19. The zero-order valence-electron chi connectivity index (χ0n) is 11.2. The van der Waals surface area contributed by atoms with Crippen LogP contribution in [0.2, 0.25) is 0 Å². The van der Waals surface area contributed by atoms with Crippen LogP contribution in [-0.4, -0.2) is 80.7 Å². The molecule has 1 fully saturated rings. The van der Waals surface area contributed by atoms with Gasteiger partial charge in [0.2, 0.25) is 0 Å². The minimum atomic E-state index is 0.545. The Morgan fingerprint density at radius 1 is 1.19 bits per heavy atom. The summed E-state index contributed by atoms with van der Waals surface area (Å²) in [6, 6.07) is 0.545. The lowest BCUT2D eigenvalue weighted by molar-refractivity contribution is 0.103. The summed E-state index contributed by atoms with van der Waals surface area (Å²) in [5, 5.41) is 0. The van der Waals surface area contributed by atoms with Crippen molar-refractivity contribution in [1.29, 1.82) is 0 Å². The van der Waals surface area contributed by atoms with E-state index in [0.29, 0.717) is 6.04 Å². The molecule has 0 aliphatic carbocycles. The second-order valence-corrected chi connectivity index (χ2v) is 5.12. The molecule has 0 spiro atoms. The molecule has 4 heteroatoms. The predicted octanol–water partition coefficient (Wildman–Crippen LogP) is -0.0971. The standard InChI is InChI=1S/C12H28N4/c1-12(11-13)16-9-7-15(8-10-16)6-4-5-14(2)3/h12H,4-11,13H2,1-3H3. The van der Waals surface area contributed by atoms with Crippen molar-refractivity contribution in [1.82, 2.24) is 14.7 Å². The summed E-state index contributed by atoms with van der Waals surface area (Å²) < 4.78 is 0. The Bertz CT molecular complexity index is 176. The molecule has 1 aliphatic rings. The summed E-state index contributed by atoms with van der Waals surface area (Å²) in [6.07, 6.45) is 1.28. The maximum absolute atomic E-state index is 5.69. The van der Waals surface area contributed by atoms with Crippen LogP contribution in [0.3, 0.4) is 0 Å². The molecule has 2 N–H and O–H groups in total. The van der Waals surface area contributed by atoms with Crippen molar-refractivity contribution in [2.45, 2.75) is 19.4 Å². The van der Waals surface area contributed by atoms with Gasteiger partial charge in [0.15, 0.2) is 0 Å². The van der Waals surface area contributed by atoms with Crippen LogP contribution in [0.15, 0.2) is 0 Å². The summed E-state index contributed by atoms with van der Waals surface area (Å²) in [5.74, 6) is 0. The highest BCUT2D eigenvalue weighted by molar-refractivity contribution is 4.76. The molecule has 0 radical (unpaired) electrons. The van der Waals surface area contributed by atoms with E-state index in [9.17, 15) is 0 Å². The predicted molar refractivity (Wildman–Crippen MR) is 69.7 cm³/mol. The van der Waals surface area contributed by atoms with Gasteiger partial charge in [-0.05, 0) is 40.5 Å². The van der Waals surface area contributed by atoms with Gasteiger partial charge in [0.05, 0.1) is 0 Å². The summed E-state index contributed by atoms with van der Waals surface area (Å²) in [5.41, 5.74) is 5.69. The summed E-state index contributed by atoms with van der Waals surface area (Å²) in [6.45, 7) is 10.2. The third kappa shape index (κ3) is 4.78. The lowest BCUT2D eigenvalue weighted by Gasteiger charge is -2.37. The summed E-state index contributed by atoms with van der Waals surface area (Å²) in [7, 11) is 4.28. The van der Waals surface area contributed by atoms with Gasteiger partial charge in [-0.1, -0.05) is 0 Å². The number of nitrogens with two attached hydrogens (primary N) is 1. The lowest BCUT2D eigenvalue weighted by atomic mass is 10.2. The Morgan fingerprint density at radius 2 is 1.81 bits per heavy atom. The first-order valence-electron chi connectivity index (χ1n) is 6.44. The summed E-state index contributed by atoms with van der Waals surface area (Å²) >= 11 is 0. The maximum atomic E-state index is 5.69. The molecule has 1 rings (SSSR count). The normalized spacial score (nSPS) is 21.6. The van der Waals surface area contributed by atoms with Gasteiger partial charge in [0.1, 0.15) is 0 Å². The molecule has 0 saturated carbocycles. The van der Waals surface area contributed by atoms with Crippen LogP contribution in [0.4, 0.5) is 0 Å². The molecule has 1 atom stereocenters. The van der Waals surface area contributed by atoms with Gasteiger partial charge in [-0.15, -0.1) is 0 Å². The van der Waals surface area contributed by atoms with Gasteiger partial charge >= 0.3 is 0 Å². The zero-order chi connectivity index (χ0) is 12.0. The maximum Gasteiger partial charge on any atom is 0.0191 e. The third-order valence-electron chi connectivity index (χ3n) is 3.45. The molecule has 0 aromatic carbocycles. The number of piperazine rings is 1. The van der Waals surface area contributed by atoms with Crippen molar-refractivity contribution in [3.63, 3.8) is 0 Å². The fourth-order valence-corrected chi connectivity index (χ4v) is 2.19. The van der Waals surface area contributed by atoms with E-state index in [1.165, 1.54) is 45.7 Å². The Morgan fingerprint density at radius 3 is 2.31 bits per heavy atom. The lowest BCUT2D eigenvalue weighted by Crippen LogP contribution is -2.51. The van der Waals surface area contributed by atoms with Gasteiger partial charge in [-0.3, -0.25) is 4.90 Å². The molecule has 4 nitrogen and oxygen atoms in total. The SMILES string of the molecule is CC(CN)N1CCN(CCCN(C)C)CC1. The Balaban J connectivity index is 2.12. The minimum absolute atomic E-state index is 0.545. The highest BCUT2D eigenvalue weighted by Crippen LogP contribution is 2.05. The van der Waals surface area contributed by atoms with Crippen LogP contribution in [0.1, 0.15) is 13.3 Å². The highest BCUT2D eigenvalue weighted by atomic mass is 15.3. The van der Waals surface area contributed by atoms with E-state index in [-0.39, 0.29) is 0 Å². The average Bonchev–Trinajstić information content (AvgIpc) is 2.28. The molecular formula is C12H28N4. The smallest absolute Gasteiger partial charge is 0.0191 e. The molecule has 0 amide bonds. The van der Waals surface area contributed by atoms with Crippen molar-refractivity contribution in [2.75, 3.05) is 59.9 Å². The van der Waals surface area contributed by atoms with Crippen LogP contribution < -0.4 is 5.73 Å². The van der Waals surface area contributed by atoms with Crippen LogP contribution in [0.25, 0.3) is 0 Å². The van der Waals surface area contributed by atoms with Gasteiger partial charge in [0.25, 0.3) is 0 Å². The Labute approximate surface area is 100 Å². The second kappa shape index (κ2) is 7.22. The van der Waals surface area contributed by atoms with Gasteiger partial charge in [0, 0.05) is 38.8 Å². The first-order valence-corrected chi connectivity index (χ1v) is 6.44. The van der Waals surface area contributed by atoms with Crippen molar-refractivity contribution >= 4 is 0 Å². The van der Waals surface area contributed by atoms with E-state index < -0.39 is 0 Å². The van der Waals surface area contributed by atoms with E-state index in [1.54, 1.807) is 0 Å². The fraction of sp³-hybridized carbons (Fsp3) is 1.00. The Hall–Kier alpha value is -0.160. The van der Waals surface area contributed by atoms with Crippen molar-refractivity contribution < 1.29 is 0 Å². The molecule has 1 saturated heterocycles. The van der Waals surface area contributed by atoms with Crippen LogP contribution >= 0.6 is 0 Å². The number of nitrogens with zero attached hydrogens (tertiary/aromatic N) is 3. The number of hydrogen-bond donors (Lipinski definition) is 1. The summed E-state index contributed by atoms with van der Waals surface area (Å²) in [4.78, 5) is 7.33. The molecule has 1 unspecified atom stereocenters. The molecule has 96 valence electrons. The quantitative estimate of drug-likeness (QED) is 0.689. The second-order valence-electron chi connectivity index (χ2n) is 5.12. The third-order valence-corrected chi connectivity index (χ3v) is 3.45. The van der Waals surface area contributed by atoms with Gasteiger partial charge < -0.3 is 15.5 Å². The average molecular weight is 228 g/mol. The minimum Gasteiger partial charge on any atom is -0.329 e. The number of rotatable bonds is 6. The van der Waals surface area contributed by atoms with Gasteiger partial charge in [-0.25, -0.2) is 0 Å². The van der Waals surface area contributed by atoms with E-state index in [1.807, 2.05) is 0 Å². The van der Waals surface area contributed by atoms with E-state index in [4.69, 9.17) is 5.73 Å². The zero-order valence-corrected chi connectivity index (χ0v) is 11.2. The topological polar surface area (TPSA) is 35.7 Å². The van der Waals surface area contributed by atoms with Crippen molar-refractivity contribution in [3.8, 4) is 0 Å². The monoisotopic (exact) mass is 228 g/mol. The fourth-order valence-electron chi connectivity index (χ4n) is 2.19. The molecule has 1 aliphatic heterocycles. The van der Waals surface area contributed by atoms with Crippen LogP contribution in [-0.2, 0) is 0 Å². The first kappa shape index (κ1) is 13.9. The van der Waals surface area contributed by atoms with Crippen LogP contribution in [0, 0.1) is 0 Å². The van der Waals surface area contributed by atoms with E-state index >= 15 is 0 Å². The first-order chi connectivity index (χ1) is 7.63.